The summed E-state index contributed by atoms with van der Waals surface area (Å²) in [7, 11) is 0. The second-order valence-electron chi connectivity index (χ2n) is 4.63. The summed E-state index contributed by atoms with van der Waals surface area (Å²) < 4.78 is 0. The van der Waals surface area contributed by atoms with Gasteiger partial charge >= 0.3 is 0 Å². The molecule has 5 heteroatoms. The van der Waals surface area contributed by atoms with Crippen molar-refractivity contribution in [2.24, 2.45) is 5.73 Å². The fraction of sp³-hybridized carbons (Fsp3) is 0.636. The zero-order valence-electron chi connectivity index (χ0n) is 10.3. The number of thiazole rings is 1. The second kappa shape index (κ2) is 4.93. The summed E-state index contributed by atoms with van der Waals surface area (Å²) in [4.78, 5) is 16.5. The van der Waals surface area contributed by atoms with Crippen LogP contribution in [-0.4, -0.2) is 16.4 Å². The highest BCUT2D eigenvalue weighted by Crippen LogP contribution is 2.17. The van der Waals surface area contributed by atoms with Gasteiger partial charge in [-0.2, -0.15) is 0 Å². The summed E-state index contributed by atoms with van der Waals surface area (Å²) in [6.45, 7) is 8.67. The lowest BCUT2D eigenvalue weighted by atomic mass is 10.0. The molecule has 0 aliphatic heterocycles. The van der Waals surface area contributed by atoms with Crippen LogP contribution in [0.5, 0.6) is 0 Å². The van der Waals surface area contributed by atoms with E-state index in [9.17, 15) is 4.79 Å². The molecule has 0 spiro atoms. The molecule has 0 saturated heterocycles. The molecule has 3 N–H and O–H groups in total. The van der Waals surface area contributed by atoms with Crippen LogP contribution in [0.2, 0.25) is 0 Å². The predicted molar refractivity (Wildman–Crippen MR) is 66.3 cm³/mol. The van der Waals surface area contributed by atoms with Gasteiger partial charge in [0.2, 0.25) is 5.91 Å². The fourth-order valence-electron chi connectivity index (χ4n) is 1.43. The fourth-order valence-corrected chi connectivity index (χ4v) is 2.30. The van der Waals surface area contributed by atoms with E-state index in [1.807, 2.05) is 20.8 Å². The molecule has 0 aromatic carbocycles. The molecule has 4 nitrogen and oxygen atoms in total. The quantitative estimate of drug-likeness (QED) is 0.821. The van der Waals surface area contributed by atoms with Gasteiger partial charge in [0.15, 0.2) is 0 Å². The Morgan fingerprint density at radius 2 is 2.12 bits per heavy atom. The monoisotopic (exact) mass is 241 g/mol. The van der Waals surface area contributed by atoms with E-state index in [0.29, 0.717) is 13.0 Å². The highest BCUT2D eigenvalue weighted by molar-refractivity contribution is 7.11. The van der Waals surface area contributed by atoms with Crippen LogP contribution in [0, 0.1) is 13.8 Å². The van der Waals surface area contributed by atoms with Crippen molar-refractivity contribution in [3.8, 4) is 0 Å². The first-order chi connectivity index (χ1) is 7.30. The highest BCUT2D eigenvalue weighted by Gasteiger charge is 2.20. The Labute approximate surface area is 100 Å². The molecule has 1 heterocycles. The first kappa shape index (κ1) is 13.1. The van der Waals surface area contributed by atoms with Gasteiger partial charge in [-0.3, -0.25) is 4.79 Å². The Hall–Kier alpha value is -0.940. The number of amides is 1. The Morgan fingerprint density at radius 3 is 2.56 bits per heavy atom. The minimum absolute atomic E-state index is 0.278. The Balaban J connectivity index is 2.53. The van der Waals surface area contributed by atoms with Crippen molar-refractivity contribution in [3.05, 3.63) is 15.6 Å². The van der Waals surface area contributed by atoms with Crippen LogP contribution in [0.3, 0.4) is 0 Å². The maximum Gasteiger partial charge on any atom is 0.219 e. The number of nitrogens with two attached hydrogens (primary N) is 1. The molecule has 1 aromatic rings. The third kappa shape index (κ3) is 3.90. The van der Waals surface area contributed by atoms with E-state index in [2.05, 4.69) is 17.2 Å². The van der Waals surface area contributed by atoms with Crippen LogP contribution >= 0.6 is 11.3 Å². The first-order valence-electron chi connectivity index (χ1n) is 5.26. The average molecular weight is 241 g/mol. The van der Waals surface area contributed by atoms with Gasteiger partial charge in [-0.1, -0.05) is 0 Å². The molecule has 0 atom stereocenters. The summed E-state index contributed by atoms with van der Waals surface area (Å²) in [5, 5.41) is 4.34. The molecule has 1 aromatic heterocycles. The van der Waals surface area contributed by atoms with Crippen LogP contribution in [0.15, 0.2) is 0 Å². The lowest BCUT2D eigenvalue weighted by Crippen LogP contribution is -2.42. The highest BCUT2D eigenvalue weighted by atomic mass is 32.1. The number of nitrogens with one attached hydrogen (secondary N) is 1. The second-order valence-corrected chi connectivity index (χ2v) is 5.92. The number of carbonyl (C=O) groups is 1. The first-order valence-corrected chi connectivity index (χ1v) is 6.08. The molecule has 1 amide bonds. The number of hydrogen-bond acceptors (Lipinski definition) is 4. The van der Waals surface area contributed by atoms with Gasteiger partial charge < -0.3 is 11.1 Å². The number of aryl methyl sites for hydroxylation is 2. The molecule has 0 unspecified atom stereocenters. The van der Waals surface area contributed by atoms with Crippen LogP contribution in [-0.2, 0) is 11.3 Å². The Kier molecular flexibility index (Phi) is 4.04. The van der Waals surface area contributed by atoms with Gasteiger partial charge in [-0.15, -0.1) is 11.3 Å². The number of primary amides is 1. The van der Waals surface area contributed by atoms with Gasteiger partial charge in [0.25, 0.3) is 0 Å². The number of carbonyl (C=O) groups excluding carboxylic acids is 1. The minimum atomic E-state index is -0.288. The van der Waals surface area contributed by atoms with E-state index in [1.165, 1.54) is 4.88 Å². The van der Waals surface area contributed by atoms with Crippen molar-refractivity contribution in [1.29, 1.82) is 0 Å². The Bertz CT molecular complexity index is 365. The van der Waals surface area contributed by atoms with E-state index < -0.39 is 0 Å². The van der Waals surface area contributed by atoms with E-state index in [1.54, 1.807) is 11.3 Å². The molecule has 1 rings (SSSR count). The van der Waals surface area contributed by atoms with E-state index in [0.717, 1.165) is 10.7 Å². The van der Waals surface area contributed by atoms with Crippen LogP contribution in [0.25, 0.3) is 0 Å². The Morgan fingerprint density at radius 1 is 1.50 bits per heavy atom. The standard InChI is InChI=1S/C11H19N3OS/c1-7-8(2)16-10(14-7)6-13-11(3,4)5-9(12)15/h13H,5-6H2,1-4H3,(H2,12,15). The number of nitrogens with zero attached hydrogens (tertiary/aromatic N) is 1. The zero-order valence-corrected chi connectivity index (χ0v) is 11.1. The molecule has 0 aliphatic carbocycles. The van der Waals surface area contributed by atoms with Gasteiger partial charge in [0, 0.05) is 23.4 Å². The lowest BCUT2D eigenvalue weighted by Gasteiger charge is -2.24. The minimum Gasteiger partial charge on any atom is -0.370 e. The molecule has 0 radical (unpaired) electrons. The normalized spacial score (nSPS) is 11.8. The van der Waals surface area contributed by atoms with Crippen LogP contribution in [0.1, 0.15) is 35.8 Å². The molecular weight excluding hydrogens is 222 g/mol. The maximum absolute atomic E-state index is 10.9. The van der Waals surface area contributed by atoms with Crippen LogP contribution < -0.4 is 11.1 Å². The van der Waals surface area contributed by atoms with Gasteiger partial charge in [0.05, 0.1) is 5.69 Å². The summed E-state index contributed by atoms with van der Waals surface area (Å²) in [5.74, 6) is -0.288. The molecule has 0 bridgehead atoms. The largest absolute Gasteiger partial charge is 0.370 e. The van der Waals surface area contributed by atoms with Gasteiger partial charge in [0.1, 0.15) is 5.01 Å². The van der Waals surface area contributed by atoms with E-state index >= 15 is 0 Å². The maximum atomic E-state index is 10.9. The summed E-state index contributed by atoms with van der Waals surface area (Å²) >= 11 is 1.68. The summed E-state index contributed by atoms with van der Waals surface area (Å²) in [6.07, 6.45) is 0.330. The van der Waals surface area contributed by atoms with Crippen molar-refractivity contribution in [1.82, 2.24) is 10.3 Å². The van der Waals surface area contributed by atoms with E-state index in [4.69, 9.17) is 5.73 Å². The molecule has 16 heavy (non-hydrogen) atoms. The van der Waals surface area contributed by atoms with E-state index in [-0.39, 0.29) is 11.4 Å². The van der Waals surface area contributed by atoms with Crippen molar-refractivity contribution >= 4 is 17.2 Å². The molecule has 90 valence electrons. The predicted octanol–water partition coefficient (Wildman–Crippen LogP) is 1.50. The smallest absolute Gasteiger partial charge is 0.219 e. The SMILES string of the molecule is Cc1nc(CNC(C)(C)CC(N)=O)sc1C. The molecule has 0 fully saturated rings. The topological polar surface area (TPSA) is 68.0 Å². The van der Waals surface area contributed by atoms with Gasteiger partial charge in [-0.05, 0) is 27.7 Å². The van der Waals surface area contributed by atoms with Crippen molar-refractivity contribution in [2.75, 3.05) is 0 Å². The third-order valence-corrected chi connectivity index (χ3v) is 3.48. The number of aromatic nitrogens is 1. The third-order valence-electron chi connectivity index (χ3n) is 2.41. The molecular formula is C11H19N3OS. The zero-order chi connectivity index (χ0) is 12.3. The number of rotatable bonds is 5. The molecule has 0 saturated carbocycles. The van der Waals surface area contributed by atoms with Gasteiger partial charge in [-0.25, -0.2) is 4.98 Å². The average Bonchev–Trinajstić information content (AvgIpc) is 2.41. The molecule has 0 aliphatic rings. The van der Waals surface area contributed by atoms with Crippen LogP contribution in [0.4, 0.5) is 0 Å². The van der Waals surface area contributed by atoms with Crippen molar-refractivity contribution < 1.29 is 4.79 Å². The summed E-state index contributed by atoms with van der Waals surface area (Å²) in [5.41, 5.74) is 5.98. The van der Waals surface area contributed by atoms with Crippen molar-refractivity contribution in [3.63, 3.8) is 0 Å². The van der Waals surface area contributed by atoms with Crippen molar-refractivity contribution in [2.45, 2.75) is 46.2 Å². The number of hydrogen-bond donors (Lipinski definition) is 2. The lowest BCUT2D eigenvalue weighted by molar-refractivity contribution is -0.119. The summed E-state index contributed by atoms with van der Waals surface area (Å²) in [6, 6.07) is 0.